The molecule has 0 bridgehead atoms. The fourth-order valence-corrected chi connectivity index (χ4v) is 2.58. The summed E-state index contributed by atoms with van der Waals surface area (Å²) in [6.45, 7) is 7.24. The van der Waals surface area contributed by atoms with Crippen molar-refractivity contribution in [3.8, 4) is 0 Å². The van der Waals surface area contributed by atoms with Gasteiger partial charge < -0.3 is 19.7 Å². The third-order valence-electron chi connectivity index (χ3n) is 2.82. The molecule has 1 aromatic heterocycles. The molecule has 0 saturated heterocycles. The first kappa shape index (κ1) is 19.4. The summed E-state index contributed by atoms with van der Waals surface area (Å²) in [5.74, 6) is -0.474. The number of nitrogens with one attached hydrogen (secondary N) is 1. The van der Waals surface area contributed by atoms with Gasteiger partial charge in [-0.3, -0.25) is 0 Å². The molecule has 23 heavy (non-hydrogen) atoms. The van der Waals surface area contributed by atoms with E-state index in [0.717, 1.165) is 6.42 Å². The number of carbonyl (C=O) groups excluding carboxylic acids is 2. The molecular weight excluding hydrogens is 318 g/mol. The maximum Gasteiger partial charge on any atom is 0.357 e. The molecule has 0 aliphatic rings. The average Bonchev–Trinajstić information content (AvgIpc) is 2.92. The lowest BCUT2D eigenvalue weighted by atomic mass is 10.1. The van der Waals surface area contributed by atoms with Crippen molar-refractivity contribution in [2.45, 2.75) is 39.3 Å². The summed E-state index contributed by atoms with van der Waals surface area (Å²) in [6, 6.07) is -0.163. The van der Waals surface area contributed by atoms with E-state index in [1.54, 1.807) is 17.4 Å². The van der Waals surface area contributed by atoms with Gasteiger partial charge in [0, 0.05) is 31.2 Å². The minimum Gasteiger partial charge on any atom is -0.464 e. The molecule has 0 radical (unpaired) electrons. The molecule has 1 rings (SSSR count). The number of hydrogen-bond acceptors (Lipinski definition) is 6. The molecule has 0 unspecified atom stereocenters. The first-order valence-electron chi connectivity index (χ1n) is 7.35. The summed E-state index contributed by atoms with van der Waals surface area (Å²) < 4.78 is 9.68. The number of carbonyl (C=O) groups is 2. The van der Waals surface area contributed by atoms with Gasteiger partial charge in [-0.1, -0.05) is 0 Å². The number of urea groups is 1. The van der Waals surface area contributed by atoms with Crippen LogP contribution in [-0.4, -0.2) is 54.8 Å². The highest BCUT2D eigenvalue weighted by atomic mass is 32.1. The Kier molecular flexibility index (Phi) is 7.44. The normalized spacial score (nSPS) is 11.2. The van der Waals surface area contributed by atoms with Gasteiger partial charge in [-0.2, -0.15) is 0 Å². The molecule has 1 heterocycles. The van der Waals surface area contributed by atoms with Gasteiger partial charge in [0.2, 0.25) is 0 Å². The zero-order valence-electron chi connectivity index (χ0n) is 14.3. The summed E-state index contributed by atoms with van der Waals surface area (Å²) >= 11 is 1.33. The van der Waals surface area contributed by atoms with E-state index in [1.165, 1.54) is 18.4 Å². The monoisotopic (exact) mass is 343 g/mol. The summed E-state index contributed by atoms with van der Waals surface area (Å²) in [4.78, 5) is 29.8. The lowest BCUT2D eigenvalue weighted by Gasteiger charge is -2.28. The number of thiazole rings is 1. The van der Waals surface area contributed by atoms with E-state index < -0.39 is 5.97 Å². The van der Waals surface area contributed by atoms with Gasteiger partial charge >= 0.3 is 12.0 Å². The standard InChI is InChI=1S/C15H25N3O4S/c1-15(2,3)17-14(20)18(7-6-8-21-4)9-12-16-11(10-23-12)13(19)22-5/h10H,6-9H2,1-5H3,(H,17,20). The third kappa shape index (κ3) is 6.96. The fourth-order valence-electron chi connectivity index (χ4n) is 1.80. The fraction of sp³-hybridized carbons (Fsp3) is 0.667. The van der Waals surface area contributed by atoms with E-state index in [1.807, 2.05) is 20.8 Å². The Morgan fingerprint density at radius 3 is 2.61 bits per heavy atom. The van der Waals surface area contributed by atoms with Crippen molar-refractivity contribution >= 4 is 23.3 Å². The number of methoxy groups -OCH3 is 2. The van der Waals surface area contributed by atoms with E-state index >= 15 is 0 Å². The van der Waals surface area contributed by atoms with Gasteiger partial charge in [-0.25, -0.2) is 14.6 Å². The molecule has 0 atom stereocenters. The minimum absolute atomic E-state index is 0.163. The van der Waals surface area contributed by atoms with Crippen LogP contribution in [0.5, 0.6) is 0 Å². The van der Waals surface area contributed by atoms with Crippen LogP contribution >= 0.6 is 11.3 Å². The largest absolute Gasteiger partial charge is 0.464 e. The molecule has 1 N–H and O–H groups in total. The van der Waals surface area contributed by atoms with E-state index in [2.05, 4.69) is 15.0 Å². The summed E-state index contributed by atoms with van der Waals surface area (Å²) in [5.41, 5.74) is -0.0584. The maximum atomic E-state index is 12.4. The number of aromatic nitrogens is 1. The number of hydrogen-bond donors (Lipinski definition) is 1. The highest BCUT2D eigenvalue weighted by Gasteiger charge is 2.21. The molecule has 0 aliphatic heterocycles. The summed E-state index contributed by atoms with van der Waals surface area (Å²) in [7, 11) is 2.94. The molecule has 0 aromatic carbocycles. The zero-order chi connectivity index (χ0) is 17.5. The van der Waals surface area contributed by atoms with Crippen LogP contribution in [0, 0.1) is 0 Å². The molecule has 7 nitrogen and oxygen atoms in total. The Morgan fingerprint density at radius 1 is 1.35 bits per heavy atom. The van der Waals surface area contributed by atoms with Crippen LogP contribution in [0.3, 0.4) is 0 Å². The lowest BCUT2D eigenvalue weighted by molar-refractivity contribution is 0.0594. The molecule has 0 saturated carbocycles. The van der Waals surface area contributed by atoms with Crippen LogP contribution in [0.2, 0.25) is 0 Å². The van der Waals surface area contributed by atoms with Crippen molar-refractivity contribution in [2.75, 3.05) is 27.4 Å². The van der Waals surface area contributed by atoms with Crippen molar-refractivity contribution in [3.05, 3.63) is 16.1 Å². The van der Waals surface area contributed by atoms with Crippen LogP contribution in [0.15, 0.2) is 5.38 Å². The van der Waals surface area contributed by atoms with Crippen LogP contribution in [0.4, 0.5) is 4.79 Å². The van der Waals surface area contributed by atoms with Crippen molar-refractivity contribution in [3.63, 3.8) is 0 Å². The van der Waals surface area contributed by atoms with Gasteiger partial charge in [0.05, 0.1) is 13.7 Å². The first-order valence-corrected chi connectivity index (χ1v) is 8.23. The predicted octanol–water partition coefficient (Wildman–Crippen LogP) is 2.28. The van der Waals surface area contributed by atoms with Crippen LogP contribution in [0.25, 0.3) is 0 Å². The molecule has 8 heteroatoms. The number of nitrogens with zero attached hydrogens (tertiary/aromatic N) is 2. The Morgan fingerprint density at radius 2 is 2.04 bits per heavy atom. The zero-order valence-corrected chi connectivity index (χ0v) is 15.2. The smallest absolute Gasteiger partial charge is 0.357 e. The second-order valence-electron chi connectivity index (χ2n) is 6.07. The van der Waals surface area contributed by atoms with Crippen molar-refractivity contribution in [1.82, 2.24) is 15.2 Å². The molecule has 0 fully saturated rings. The SMILES string of the molecule is COCCCN(Cc1nc(C(=O)OC)cs1)C(=O)NC(C)(C)C. The molecular formula is C15H25N3O4S. The Labute approximate surface area is 141 Å². The third-order valence-corrected chi connectivity index (χ3v) is 3.65. The maximum absolute atomic E-state index is 12.4. The van der Waals surface area contributed by atoms with Crippen molar-refractivity contribution < 1.29 is 19.1 Å². The Hall–Kier alpha value is -1.67. The van der Waals surface area contributed by atoms with E-state index in [-0.39, 0.29) is 17.3 Å². The number of esters is 1. The Bertz CT molecular complexity index is 525. The molecule has 2 amide bonds. The second-order valence-corrected chi connectivity index (χ2v) is 7.01. The Balaban J connectivity index is 2.77. The highest BCUT2D eigenvalue weighted by molar-refractivity contribution is 7.09. The first-order chi connectivity index (χ1) is 10.8. The average molecular weight is 343 g/mol. The molecule has 1 aromatic rings. The molecule has 0 aliphatic carbocycles. The lowest BCUT2D eigenvalue weighted by Crippen LogP contribution is -2.48. The second kappa shape index (κ2) is 8.83. The quantitative estimate of drug-likeness (QED) is 0.607. The van der Waals surface area contributed by atoms with Gasteiger partial charge in [0.1, 0.15) is 5.01 Å². The van der Waals surface area contributed by atoms with E-state index in [9.17, 15) is 9.59 Å². The number of rotatable bonds is 7. The highest BCUT2D eigenvalue weighted by Crippen LogP contribution is 2.14. The number of amides is 2. The van der Waals surface area contributed by atoms with Crippen LogP contribution in [-0.2, 0) is 16.0 Å². The van der Waals surface area contributed by atoms with Crippen LogP contribution in [0.1, 0.15) is 42.7 Å². The summed E-state index contributed by atoms with van der Waals surface area (Å²) in [6.07, 6.45) is 0.725. The number of ether oxygens (including phenoxy) is 2. The van der Waals surface area contributed by atoms with Gasteiger partial charge in [-0.15, -0.1) is 11.3 Å². The van der Waals surface area contributed by atoms with E-state index in [4.69, 9.17) is 4.74 Å². The topological polar surface area (TPSA) is 80.8 Å². The summed E-state index contributed by atoms with van der Waals surface area (Å²) in [5, 5.41) is 5.26. The van der Waals surface area contributed by atoms with Gasteiger partial charge in [0.15, 0.2) is 5.69 Å². The minimum atomic E-state index is -0.474. The van der Waals surface area contributed by atoms with E-state index in [0.29, 0.717) is 24.7 Å². The van der Waals surface area contributed by atoms with Crippen molar-refractivity contribution in [1.29, 1.82) is 0 Å². The van der Waals surface area contributed by atoms with Crippen molar-refractivity contribution in [2.24, 2.45) is 0 Å². The van der Waals surface area contributed by atoms with Crippen LogP contribution < -0.4 is 5.32 Å². The molecule has 0 spiro atoms. The predicted molar refractivity (Wildman–Crippen MR) is 88.6 cm³/mol. The van der Waals surface area contributed by atoms with Gasteiger partial charge in [-0.05, 0) is 27.2 Å². The molecule has 130 valence electrons. The van der Waals surface area contributed by atoms with Gasteiger partial charge in [0.25, 0.3) is 0 Å².